The van der Waals surface area contributed by atoms with Gasteiger partial charge in [-0.2, -0.15) is 13.2 Å². The van der Waals surface area contributed by atoms with Crippen LogP contribution in [0.3, 0.4) is 0 Å². The average Bonchev–Trinajstić information content (AvgIpc) is 3.29. The number of carbonyl (C=O) groups excluding carboxylic acids is 1. The Kier molecular flexibility index (Phi) is 8.91. The van der Waals surface area contributed by atoms with Gasteiger partial charge in [-0.15, -0.1) is 0 Å². The molecule has 0 unspecified atom stereocenters. The van der Waals surface area contributed by atoms with Crippen molar-refractivity contribution in [2.75, 3.05) is 13.7 Å². The van der Waals surface area contributed by atoms with E-state index in [1.54, 1.807) is 31.2 Å². The molecule has 0 saturated heterocycles. The topological polar surface area (TPSA) is 78.9 Å². The van der Waals surface area contributed by atoms with Crippen molar-refractivity contribution in [2.24, 2.45) is 5.41 Å². The molecule has 212 valence electrons. The zero-order chi connectivity index (χ0) is 28.4. The smallest absolute Gasteiger partial charge is 0.416 e. The Bertz CT molecular complexity index is 1050. The second-order valence-electron chi connectivity index (χ2n) is 12.1. The molecule has 1 aliphatic heterocycles. The molecule has 2 N–H and O–H groups in total. The Morgan fingerprint density at radius 2 is 1.82 bits per heavy atom. The van der Waals surface area contributed by atoms with Gasteiger partial charge in [0.05, 0.1) is 17.7 Å². The number of carboxylic acids is 1. The summed E-state index contributed by atoms with van der Waals surface area (Å²) in [5, 5.41) is 12.3. The highest BCUT2D eigenvalue weighted by Gasteiger charge is 2.47. The lowest BCUT2D eigenvalue weighted by atomic mass is 9.79. The van der Waals surface area contributed by atoms with Crippen LogP contribution in [0, 0.1) is 5.41 Å². The van der Waals surface area contributed by atoms with Crippen LogP contribution in [-0.2, 0) is 27.7 Å². The highest BCUT2D eigenvalue weighted by Crippen LogP contribution is 2.45. The maximum Gasteiger partial charge on any atom is 0.416 e. The van der Waals surface area contributed by atoms with Crippen LogP contribution in [0.25, 0.3) is 0 Å². The van der Waals surface area contributed by atoms with Crippen molar-refractivity contribution in [3.05, 3.63) is 46.7 Å². The molecule has 1 aliphatic carbocycles. The van der Waals surface area contributed by atoms with E-state index in [2.05, 4.69) is 5.32 Å². The summed E-state index contributed by atoms with van der Waals surface area (Å²) in [6.07, 6.45) is 1.89. The number of alkyl halides is 3. The maximum atomic E-state index is 14.2. The molecule has 1 saturated carbocycles. The summed E-state index contributed by atoms with van der Waals surface area (Å²) in [6, 6.07) is 3.96. The van der Waals surface area contributed by atoms with E-state index in [1.165, 1.54) is 12.1 Å². The Labute approximate surface area is 223 Å². The number of carbonyl (C=O) groups is 2. The van der Waals surface area contributed by atoms with Crippen LogP contribution in [0.5, 0.6) is 0 Å². The number of urea groups is 1. The van der Waals surface area contributed by atoms with Crippen molar-refractivity contribution in [1.29, 1.82) is 0 Å². The Hall–Kier alpha value is -2.55. The normalized spacial score (nSPS) is 21.8. The molecule has 2 aliphatic rings. The number of methoxy groups -OCH3 is 1. The molecule has 0 bridgehead atoms. The van der Waals surface area contributed by atoms with Crippen LogP contribution < -0.4 is 5.32 Å². The summed E-state index contributed by atoms with van der Waals surface area (Å²) in [6.45, 7) is 8.05. The number of ether oxygens (including phenoxy) is 1. The number of halogens is 3. The number of rotatable bonds is 10. The van der Waals surface area contributed by atoms with Crippen LogP contribution >= 0.6 is 0 Å². The number of nitrogens with one attached hydrogen (secondary N) is 1. The molecule has 0 aromatic heterocycles. The molecule has 9 heteroatoms. The van der Waals surface area contributed by atoms with Gasteiger partial charge in [-0.3, -0.25) is 9.69 Å². The number of benzene rings is 1. The van der Waals surface area contributed by atoms with Crippen LogP contribution in [0.1, 0.15) is 95.8 Å². The molecule has 1 aromatic carbocycles. The van der Waals surface area contributed by atoms with E-state index in [0.717, 1.165) is 18.4 Å². The number of hydrogen-bond acceptors (Lipinski definition) is 3. The van der Waals surface area contributed by atoms with Gasteiger partial charge in [-0.1, -0.05) is 45.7 Å². The summed E-state index contributed by atoms with van der Waals surface area (Å²) in [5.41, 5.74) is -1.29. The fourth-order valence-electron chi connectivity index (χ4n) is 5.70. The largest absolute Gasteiger partial charge is 0.481 e. The van der Waals surface area contributed by atoms with Crippen molar-refractivity contribution >= 4 is 12.0 Å². The minimum absolute atomic E-state index is 0.0622. The van der Waals surface area contributed by atoms with Gasteiger partial charge < -0.3 is 15.2 Å². The van der Waals surface area contributed by atoms with E-state index < -0.39 is 34.8 Å². The molecule has 1 aromatic rings. The molecule has 38 heavy (non-hydrogen) atoms. The molecule has 1 fully saturated rings. The highest BCUT2D eigenvalue weighted by molar-refractivity contribution is 5.80. The third kappa shape index (κ3) is 6.71. The van der Waals surface area contributed by atoms with Gasteiger partial charge in [-0.25, -0.2) is 4.79 Å². The Morgan fingerprint density at radius 3 is 2.37 bits per heavy atom. The van der Waals surface area contributed by atoms with Gasteiger partial charge >= 0.3 is 18.2 Å². The van der Waals surface area contributed by atoms with Gasteiger partial charge in [0, 0.05) is 25.3 Å². The second kappa shape index (κ2) is 11.3. The molecule has 3 rings (SSSR count). The van der Waals surface area contributed by atoms with E-state index in [9.17, 15) is 27.9 Å². The van der Waals surface area contributed by atoms with E-state index in [1.807, 2.05) is 20.8 Å². The zero-order valence-corrected chi connectivity index (χ0v) is 23.1. The number of aryl methyl sites for hydroxylation is 1. The van der Waals surface area contributed by atoms with Crippen LogP contribution in [0.4, 0.5) is 18.0 Å². The fraction of sp³-hybridized carbons (Fsp3) is 0.655. The van der Waals surface area contributed by atoms with Crippen molar-refractivity contribution in [3.63, 3.8) is 0 Å². The standard InChI is InChI=1S/C29H41F3N2O4/c1-26(2,3)15-10-20-8-9-21(18-23(20)29(30,31)32)27(4)22(12-17-38-5)19-34(25(37)33-27)28(13-6-7-14-28)16-11-24(35)36/h8-9,18-19H,6-7,10-17H2,1-5H3,(H,33,37)(H,35,36)/t27-/m0/s1. The predicted molar refractivity (Wildman–Crippen MR) is 140 cm³/mol. The quantitative estimate of drug-likeness (QED) is 0.335. The minimum Gasteiger partial charge on any atom is -0.481 e. The highest BCUT2D eigenvalue weighted by atomic mass is 19.4. The molecule has 0 radical (unpaired) electrons. The first-order chi connectivity index (χ1) is 17.6. The van der Waals surface area contributed by atoms with Gasteiger partial charge in [0.25, 0.3) is 0 Å². The Balaban J connectivity index is 2.07. The molecule has 2 amide bonds. The van der Waals surface area contributed by atoms with E-state index >= 15 is 0 Å². The first kappa shape index (κ1) is 30.0. The third-order valence-corrected chi connectivity index (χ3v) is 8.06. The van der Waals surface area contributed by atoms with Gasteiger partial charge in [0.2, 0.25) is 0 Å². The molecular formula is C29H41F3N2O4. The average molecular weight is 539 g/mol. The van der Waals surface area contributed by atoms with Crippen molar-refractivity contribution in [1.82, 2.24) is 10.2 Å². The zero-order valence-electron chi connectivity index (χ0n) is 23.1. The first-order valence-electron chi connectivity index (χ1n) is 13.4. The number of hydrogen-bond donors (Lipinski definition) is 2. The first-order valence-corrected chi connectivity index (χ1v) is 13.4. The van der Waals surface area contributed by atoms with Crippen molar-refractivity contribution in [3.8, 4) is 0 Å². The van der Waals surface area contributed by atoms with E-state index in [0.29, 0.717) is 50.7 Å². The second-order valence-corrected chi connectivity index (χ2v) is 12.1. The van der Waals surface area contributed by atoms with Gasteiger partial charge in [-0.05, 0) is 73.6 Å². The number of nitrogens with zero attached hydrogens (tertiary/aromatic N) is 1. The summed E-state index contributed by atoms with van der Waals surface area (Å²) >= 11 is 0. The van der Waals surface area contributed by atoms with E-state index in [4.69, 9.17) is 4.74 Å². The number of carboxylic acid groups (broad SMARTS) is 1. The lowest BCUT2D eigenvalue weighted by Crippen LogP contribution is -2.60. The van der Waals surface area contributed by atoms with Crippen LogP contribution in [-0.4, -0.2) is 41.3 Å². The van der Waals surface area contributed by atoms with Crippen LogP contribution in [0.15, 0.2) is 30.0 Å². The SMILES string of the molecule is COCCC1=CN(C2(CCC(=O)O)CCCC2)C(=O)N[C@@]1(C)c1ccc(CCC(C)(C)C)c(C(F)(F)F)c1. The third-order valence-electron chi connectivity index (χ3n) is 8.06. The molecule has 1 heterocycles. The molecule has 6 nitrogen and oxygen atoms in total. The maximum absolute atomic E-state index is 14.2. The fourth-order valence-corrected chi connectivity index (χ4v) is 5.70. The van der Waals surface area contributed by atoms with Gasteiger partial charge in [0.15, 0.2) is 0 Å². The number of amides is 2. The lowest BCUT2D eigenvalue weighted by Gasteiger charge is -2.47. The van der Waals surface area contributed by atoms with Crippen molar-refractivity contribution in [2.45, 2.75) is 103 Å². The molecule has 1 atom stereocenters. The predicted octanol–water partition coefficient (Wildman–Crippen LogP) is 7.02. The summed E-state index contributed by atoms with van der Waals surface area (Å²) in [5.74, 6) is -0.923. The number of aliphatic carboxylic acids is 1. The monoisotopic (exact) mass is 538 g/mol. The lowest BCUT2D eigenvalue weighted by molar-refractivity contribution is -0.139. The summed E-state index contributed by atoms with van der Waals surface area (Å²) in [7, 11) is 1.55. The Morgan fingerprint density at radius 1 is 1.16 bits per heavy atom. The molecular weight excluding hydrogens is 497 g/mol. The minimum atomic E-state index is -4.54. The van der Waals surface area contributed by atoms with Gasteiger partial charge in [0.1, 0.15) is 0 Å². The van der Waals surface area contributed by atoms with Crippen molar-refractivity contribution < 1.29 is 32.6 Å². The van der Waals surface area contributed by atoms with E-state index in [-0.39, 0.29) is 17.4 Å². The summed E-state index contributed by atoms with van der Waals surface area (Å²) in [4.78, 5) is 26.5. The molecule has 0 spiro atoms. The summed E-state index contributed by atoms with van der Waals surface area (Å²) < 4.78 is 47.9. The van der Waals surface area contributed by atoms with Crippen LogP contribution in [0.2, 0.25) is 0 Å².